The molecule has 4 rings (SSSR count). The standard InChI is InChI=1S/C28H34F3NO/c1-18-19(2)26(23-7-6-8-24(25(18)23)27(3,4)5)33-17-20-9-11-22(12-10-20)32-15-13-21(14-16-32)28(29,30)31/h6-12,21,26H,13-17H2,1-5H3. The van der Waals surface area contributed by atoms with Crippen molar-refractivity contribution in [3.05, 3.63) is 70.3 Å². The summed E-state index contributed by atoms with van der Waals surface area (Å²) in [6.07, 6.45) is -3.80. The molecule has 2 aromatic carbocycles. The molecule has 1 aliphatic carbocycles. The van der Waals surface area contributed by atoms with Gasteiger partial charge in [-0.1, -0.05) is 51.1 Å². The first kappa shape index (κ1) is 23.9. The quantitative estimate of drug-likeness (QED) is 0.464. The van der Waals surface area contributed by atoms with E-state index in [1.54, 1.807) is 0 Å². The average Bonchev–Trinajstić information content (AvgIpc) is 3.01. The third kappa shape index (κ3) is 4.84. The van der Waals surface area contributed by atoms with Crippen molar-refractivity contribution in [2.24, 2.45) is 5.92 Å². The van der Waals surface area contributed by atoms with Crippen molar-refractivity contribution in [2.75, 3.05) is 18.0 Å². The van der Waals surface area contributed by atoms with Crippen molar-refractivity contribution in [1.82, 2.24) is 0 Å². The van der Waals surface area contributed by atoms with Gasteiger partial charge in [0.25, 0.3) is 0 Å². The molecule has 1 unspecified atom stereocenters. The van der Waals surface area contributed by atoms with E-state index >= 15 is 0 Å². The number of anilines is 1. The first-order valence-electron chi connectivity index (χ1n) is 11.8. The molecule has 2 nitrogen and oxygen atoms in total. The first-order valence-corrected chi connectivity index (χ1v) is 11.8. The number of benzene rings is 2. The number of halogens is 3. The molecule has 1 atom stereocenters. The summed E-state index contributed by atoms with van der Waals surface area (Å²) in [4.78, 5) is 2.05. The van der Waals surface area contributed by atoms with Crippen molar-refractivity contribution < 1.29 is 17.9 Å². The Morgan fingerprint density at radius 3 is 2.15 bits per heavy atom. The average molecular weight is 458 g/mol. The van der Waals surface area contributed by atoms with E-state index in [1.807, 2.05) is 29.2 Å². The predicted molar refractivity (Wildman–Crippen MR) is 128 cm³/mol. The van der Waals surface area contributed by atoms with Crippen LogP contribution in [-0.4, -0.2) is 19.3 Å². The summed E-state index contributed by atoms with van der Waals surface area (Å²) >= 11 is 0. The van der Waals surface area contributed by atoms with Gasteiger partial charge < -0.3 is 9.64 Å². The number of fused-ring (bicyclic) bond motifs is 1. The third-order valence-electron chi connectivity index (χ3n) is 7.22. The van der Waals surface area contributed by atoms with Crippen LogP contribution in [-0.2, 0) is 16.8 Å². The Labute approximate surface area is 195 Å². The lowest BCUT2D eigenvalue weighted by Gasteiger charge is -2.34. The molecule has 2 aliphatic rings. The largest absolute Gasteiger partial charge is 0.391 e. The van der Waals surface area contributed by atoms with Crippen LogP contribution in [0.5, 0.6) is 0 Å². The van der Waals surface area contributed by atoms with Crippen LogP contribution in [0.1, 0.15) is 75.8 Å². The smallest absolute Gasteiger partial charge is 0.372 e. The summed E-state index contributed by atoms with van der Waals surface area (Å²) in [5, 5.41) is 0. The van der Waals surface area contributed by atoms with Gasteiger partial charge in [-0.15, -0.1) is 0 Å². The highest BCUT2D eigenvalue weighted by Gasteiger charge is 2.41. The second-order valence-corrected chi connectivity index (χ2v) is 10.5. The van der Waals surface area contributed by atoms with Crippen LogP contribution in [0, 0.1) is 5.92 Å². The fraction of sp³-hybridized carbons (Fsp3) is 0.500. The van der Waals surface area contributed by atoms with Gasteiger partial charge >= 0.3 is 6.18 Å². The van der Waals surface area contributed by atoms with Crippen molar-refractivity contribution in [3.8, 4) is 0 Å². The van der Waals surface area contributed by atoms with E-state index in [2.05, 4.69) is 52.8 Å². The zero-order valence-electron chi connectivity index (χ0n) is 20.2. The van der Waals surface area contributed by atoms with E-state index in [4.69, 9.17) is 4.74 Å². The summed E-state index contributed by atoms with van der Waals surface area (Å²) in [5.41, 5.74) is 8.58. The van der Waals surface area contributed by atoms with Gasteiger partial charge in [-0.3, -0.25) is 0 Å². The van der Waals surface area contributed by atoms with E-state index in [0.717, 1.165) is 11.3 Å². The molecule has 33 heavy (non-hydrogen) atoms. The number of piperidine rings is 1. The molecule has 1 fully saturated rings. The van der Waals surface area contributed by atoms with Crippen LogP contribution in [0.4, 0.5) is 18.9 Å². The van der Waals surface area contributed by atoms with Gasteiger partial charge in [0, 0.05) is 18.8 Å². The molecule has 0 saturated carbocycles. The molecule has 0 amide bonds. The Hall–Kier alpha value is -2.27. The molecule has 0 N–H and O–H groups in total. The lowest BCUT2D eigenvalue weighted by molar-refractivity contribution is -0.179. The summed E-state index contributed by atoms with van der Waals surface area (Å²) < 4.78 is 45.2. The number of ether oxygens (including phenoxy) is 1. The molecule has 178 valence electrons. The molecule has 1 heterocycles. The lowest BCUT2D eigenvalue weighted by atomic mass is 9.81. The highest BCUT2D eigenvalue weighted by molar-refractivity contribution is 5.79. The van der Waals surface area contributed by atoms with E-state index in [-0.39, 0.29) is 24.4 Å². The van der Waals surface area contributed by atoms with Gasteiger partial charge in [-0.2, -0.15) is 13.2 Å². The predicted octanol–water partition coefficient (Wildman–Crippen LogP) is 7.83. The fourth-order valence-corrected chi connectivity index (χ4v) is 5.12. The van der Waals surface area contributed by atoms with Crippen molar-refractivity contribution in [2.45, 2.75) is 71.8 Å². The summed E-state index contributed by atoms with van der Waals surface area (Å²) in [7, 11) is 0. The van der Waals surface area contributed by atoms with Gasteiger partial charge in [0.05, 0.1) is 12.5 Å². The van der Waals surface area contributed by atoms with E-state index in [0.29, 0.717) is 19.7 Å². The molecule has 2 aromatic rings. The lowest BCUT2D eigenvalue weighted by Crippen LogP contribution is -2.38. The Kier molecular flexibility index (Phi) is 6.38. The van der Waals surface area contributed by atoms with Crippen LogP contribution in [0.25, 0.3) is 5.57 Å². The normalized spacial score (nSPS) is 19.9. The second kappa shape index (κ2) is 8.83. The molecule has 1 saturated heterocycles. The SMILES string of the molecule is CC1=C(C)C(OCc2ccc(N3CCC(C(F)(F)F)CC3)cc2)c2cccc(C(C)(C)C)c21. The molecule has 0 bridgehead atoms. The van der Waals surface area contributed by atoms with E-state index in [9.17, 15) is 13.2 Å². The van der Waals surface area contributed by atoms with Gasteiger partial charge in [-0.25, -0.2) is 0 Å². The molecule has 0 aromatic heterocycles. The number of nitrogens with zero attached hydrogens (tertiary/aromatic N) is 1. The number of rotatable bonds is 4. The van der Waals surface area contributed by atoms with Gasteiger partial charge in [-0.05, 0) is 77.6 Å². The van der Waals surface area contributed by atoms with Crippen LogP contribution in [0.15, 0.2) is 48.0 Å². The minimum absolute atomic E-state index is 0.0524. The first-order chi connectivity index (χ1) is 15.5. The molecular weight excluding hydrogens is 423 g/mol. The number of hydrogen-bond acceptors (Lipinski definition) is 2. The Morgan fingerprint density at radius 2 is 1.58 bits per heavy atom. The maximum atomic E-state index is 12.9. The van der Waals surface area contributed by atoms with Crippen molar-refractivity contribution >= 4 is 11.3 Å². The number of alkyl halides is 3. The van der Waals surface area contributed by atoms with Crippen LogP contribution in [0.2, 0.25) is 0 Å². The van der Waals surface area contributed by atoms with Gasteiger partial charge in [0.1, 0.15) is 6.10 Å². The Balaban J connectivity index is 1.42. The monoisotopic (exact) mass is 457 g/mol. The zero-order valence-corrected chi connectivity index (χ0v) is 20.2. The highest BCUT2D eigenvalue weighted by atomic mass is 19.4. The van der Waals surface area contributed by atoms with Gasteiger partial charge in [0.15, 0.2) is 0 Å². The Bertz CT molecular complexity index is 1020. The minimum Gasteiger partial charge on any atom is -0.372 e. The minimum atomic E-state index is -4.08. The topological polar surface area (TPSA) is 12.5 Å². The molecular formula is C28H34F3NO. The number of hydrogen-bond donors (Lipinski definition) is 0. The molecule has 0 spiro atoms. The molecule has 1 aliphatic heterocycles. The maximum Gasteiger partial charge on any atom is 0.391 e. The fourth-order valence-electron chi connectivity index (χ4n) is 5.12. The van der Waals surface area contributed by atoms with E-state index < -0.39 is 12.1 Å². The number of allylic oxidation sites excluding steroid dienone is 1. The van der Waals surface area contributed by atoms with Crippen molar-refractivity contribution in [1.29, 1.82) is 0 Å². The van der Waals surface area contributed by atoms with Crippen LogP contribution >= 0.6 is 0 Å². The summed E-state index contributed by atoms with van der Waals surface area (Å²) in [5.74, 6) is -1.17. The van der Waals surface area contributed by atoms with E-state index in [1.165, 1.54) is 27.8 Å². The Morgan fingerprint density at radius 1 is 0.939 bits per heavy atom. The summed E-state index contributed by atoms with van der Waals surface area (Å²) in [6.45, 7) is 12.4. The molecule has 0 radical (unpaired) electrons. The third-order valence-corrected chi connectivity index (χ3v) is 7.22. The van der Waals surface area contributed by atoms with Crippen LogP contribution < -0.4 is 4.90 Å². The maximum absolute atomic E-state index is 12.9. The van der Waals surface area contributed by atoms with Crippen LogP contribution in [0.3, 0.4) is 0 Å². The highest BCUT2D eigenvalue weighted by Crippen LogP contribution is 2.46. The van der Waals surface area contributed by atoms with Gasteiger partial charge in [0.2, 0.25) is 0 Å². The van der Waals surface area contributed by atoms with Crippen molar-refractivity contribution in [3.63, 3.8) is 0 Å². The zero-order chi connectivity index (χ0) is 24.0. The second-order valence-electron chi connectivity index (χ2n) is 10.5. The molecule has 5 heteroatoms. The summed E-state index contributed by atoms with van der Waals surface area (Å²) in [6, 6.07) is 14.6.